The molecule has 4 aromatic rings. The quantitative estimate of drug-likeness (QED) is 0.499. The number of amides is 1. The van der Waals surface area contributed by atoms with Gasteiger partial charge in [-0.1, -0.05) is 42.5 Å². The second-order valence-corrected chi connectivity index (χ2v) is 7.77. The summed E-state index contributed by atoms with van der Waals surface area (Å²) in [5.41, 5.74) is 2.80. The van der Waals surface area contributed by atoms with Crippen LogP contribution < -0.4 is 15.0 Å². The molecule has 0 aliphatic heterocycles. The second-order valence-electron chi connectivity index (χ2n) is 7.77. The van der Waals surface area contributed by atoms with Crippen molar-refractivity contribution in [3.63, 3.8) is 0 Å². The van der Waals surface area contributed by atoms with Crippen molar-refractivity contribution in [3.05, 3.63) is 78.1 Å². The van der Waals surface area contributed by atoms with Crippen molar-refractivity contribution in [2.45, 2.75) is 12.5 Å². The van der Waals surface area contributed by atoms with Crippen LogP contribution in [-0.4, -0.2) is 33.7 Å². The Hall–Kier alpha value is -3.31. The molecule has 1 atom stereocenters. The Balaban J connectivity index is 1.53. The zero-order chi connectivity index (χ0) is 21.1. The number of para-hydroxylation sites is 1. The maximum Gasteiger partial charge on any atom is 0.224 e. The third-order valence-corrected chi connectivity index (χ3v) is 5.61. The summed E-state index contributed by atoms with van der Waals surface area (Å²) < 4.78 is 11.2. The predicted molar refractivity (Wildman–Crippen MR) is 119 cm³/mol. The first-order valence-electron chi connectivity index (χ1n) is 10.2. The molecule has 0 spiro atoms. The number of carbonyl (C=O) groups is 1. The van der Waals surface area contributed by atoms with Crippen LogP contribution in [0.5, 0.6) is 5.75 Å². The minimum absolute atomic E-state index is 0.0215. The van der Waals surface area contributed by atoms with Gasteiger partial charge in [-0.25, -0.2) is 0 Å². The van der Waals surface area contributed by atoms with Gasteiger partial charge in [-0.2, -0.15) is 0 Å². The number of likely N-dealkylation sites (N-methyl/N-ethyl adjacent to an activating group) is 1. The monoisotopic (exact) mass is 403 g/mol. The summed E-state index contributed by atoms with van der Waals surface area (Å²) in [6.07, 6.45) is 1.98. The van der Waals surface area contributed by atoms with Crippen molar-refractivity contribution >= 4 is 27.6 Å². The molecule has 0 saturated carbocycles. The van der Waals surface area contributed by atoms with Crippen LogP contribution in [0.25, 0.3) is 21.7 Å². The molecule has 4 rings (SSSR count). The van der Waals surface area contributed by atoms with Crippen LogP contribution in [0.2, 0.25) is 0 Å². The minimum Gasteiger partial charge on any atom is -0.496 e. The van der Waals surface area contributed by atoms with Crippen LogP contribution in [0.1, 0.15) is 17.2 Å². The Morgan fingerprint density at radius 3 is 2.63 bits per heavy atom. The summed E-state index contributed by atoms with van der Waals surface area (Å²) in [6, 6.07) is 20.2. The molecule has 0 aliphatic carbocycles. The van der Waals surface area contributed by atoms with Gasteiger partial charge < -0.3 is 19.4 Å². The molecule has 0 saturated heterocycles. The predicted octanol–water partition coefficient (Wildman–Crippen LogP) is 3.14. The number of ether oxygens (including phenoxy) is 1. The number of benzene rings is 3. The van der Waals surface area contributed by atoms with Gasteiger partial charge in [0.2, 0.25) is 5.91 Å². The van der Waals surface area contributed by atoms with Gasteiger partial charge in [0.1, 0.15) is 17.4 Å². The molecule has 2 N–H and O–H groups in total. The smallest absolute Gasteiger partial charge is 0.224 e. The molecule has 1 heterocycles. The highest BCUT2D eigenvalue weighted by molar-refractivity contribution is 6.08. The average molecular weight is 404 g/mol. The zero-order valence-corrected chi connectivity index (χ0v) is 17.6. The molecular weight excluding hydrogens is 376 g/mol. The number of nitrogens with one attached hydrogen (secondary N) is 2. The van der Waals surface area contributed by atoms with E-state index in [1.807, 2.05) is 42.5 Å². The normalized spacial score (nSPS) is 12.4. The first kappa shape index (κ1) is 20.0. The number of hydrogen-bond acceptors (Lipinski definition) is 3. The number of fused-ring (bicyclic) bond motifs is 3. The van der Waals surface area contributed by atoms with E-state index in [0.29, 0.717) is 6.54 Å². The van der Waals surface area contributed by atoms with Gasteiger partial charge >= 0.3 is 0 Å². The van der Waals surface area contributed by atoms with E-state index in [2.05, 4.69) is 37.6 Å². The van der Waals surface area contributed by atoms with Gasteiger partial charge in [-0.05, 0) is 29.0 Å². The Bertz CT molecular complexity index is 1180. The lowest BCUT2D eigenvalue weighted by Gasteiger charge is -2.23. The van der Waals surface area contributed by atoms with E-state index in [4.69, 9.17) is 9.15 Å². The highest BCUT2D eigenvalue weighted by Crippen LogP contribution is 2.30. The molecule has 0 unspecified atom stereocenters. The highest BCUT2D eigenvalue weighted by atomic mass is 16.5. The third kappa shape index (κ3) is 3.89. The van der Waals surface area contributed by atoms with Crippen molar-refractivity contribution < 1.29 is 18.8 Å². The van der Waals surface area contributed by atoms with Gasteiger partial charge in [0.15, 0.2) is 0 Å². The summed E-state index contributed by atoms with van der Waals surface area (Å²) in [7, 11) is 5.84. The molecule has 1 aromatic heterocycles. The molecule has 0 radical (unpaired) electrons. The van der Waals surface area contributed by atoms with Crippen molar-refractivity contribution in [3.8, 4) is 5.75 Å². The van der Waals surface area contributed by atoms with Crippen molar-refractivity contribution in [1.82, 2.24) is 5.32 Å². The third-order valence-electron chi connectivity index (χ3n) is 5.61. The number of carbonyl (C=O) groups excluding carboxylic acids is 1. The van der Waals surface area contributed by atoms with Gasteiger partial charge in [0, 0.05) is 10.9 Å². The molecule has 154 valence electrons. The standard InChI is InChI=1S/C25H26N2O3/c1-27(2)21(20-10-6-7-11-22(20)29-3)15-26-24(28)14-18-16-30-23-13-12-17-8-4-5-9-19(17)25(18)23/h4-13,16,21H,14-15H2,1-3H3,(H,26,28)/p+1/t21-/m1/s1. The summed E-state index contributed by atoms with van der Waals surface area (Å²) in [5.74, 6) is 0.817. The topological polar surface area (TPSA) is 55.9 Å². The molecule has 1 amide bonds. The van der Waals surface area contributed by atoms with Gasteiger partial charge in [-0.15, -0.1) is 0 Å². The Kier molecular flexibility index (Phi) is 5.72. The maximum absolute atomic E-state index is 12.8. The number of furan rings is 1. The fourth-order valence-electron chi connectivity index (χ4n) is 4.04. The van der Waals surface area contributed by atoms with Crippen molar-refractivity contribution in [1.29, 1.82) is 0 Å². The van der Waals surface area contributed by atoms with Crippen LogP contribution in [0.15, 0.2) is 71.3 Å². The van der Waals surface area contributed by atoms with Gasteiger partial charge in [0.25, 0.3) is 0 Å². The molecule has 0 aliphatic rings. The average Bonchev–Trinajstić information content (AvgIpc) is 3.17. The second kappa shape index (κ2) is 8.59. The molecule has 3 aromatic carbocycles. The lowest BCUT2D eigenvalue weighted by Crippen LogP contribution is -3.07. The number of quaternary nitrogens is 1. The SMILES string of the molecule is COc1ccccc1[C@@H](CNC(=O)Cc1coc2ccc3ccccc3c12)[NH+](C)C. The Morgan fingerprint density at radius 2 is 1.83 bits per heavy atom. The number of rotatable bonds is 7. The molecular formula is C25H27N2O3+. The fraction of sp³-hybridized carbons (Fsp3) is 0.240. The molecule has 5 heteroatoms. The summed E-state index contributed by atoms with van der Waals surface area (Å²) in [4.78, 5) is 14.0. The van der Waals surface area contributed by atoms with Crippen LogP contribution >= 0.6 is 0 Å². The van der Waals surface area contributed by atoms with E-state index in [0.717, 1.165) is 38.6 Å². The molecule has 30 heavy (non-hydrogen) atoms. The lowest BCUT2D eigenvalue weighted by molar-refractivity contribution is -0.890. The van der Waals surface area contributed by atoms with E-state index < -0.39 is 0 Å². The van der Waals surface area contributed by atoms with Gasteiger partial charge in [0.05, 0.1) is 46.0 Å². The fourth-order valence-corrected chi connectivity index (χ4v) is 4.04. The van der Waals surface area contributed by atoms with Crippen LogP contribution in [0.4, 0.5) is 0 Å². The lowest BCUT2D eigenvalue weighted by atomic mass is 10.0. The zero-order valence-electron chi connectivity index (χ0n) is 17.6. The molecule has 0 bridgehead atoms. The van der Waals surface area contributed by atoms with Gasteiger partial charge in [-0.3, -0.25) is 4.79 Å². The number of hydrogen-bond donors (Lipinski definition) is 2. The summed E-state index contributed by atoms with van der Waals surface area (Å²) in [5, 5.41) is 6.37. The molecule has 0 fully saturated rings. The van der Waals surface area contributed by atoms with E-state index in [-0.39, 0.29) is 18.4 Å². The highest BCUT2D eigenvalue weighted by Gasteiger charge is 2.23. The largest absolute Gasteiger partial charge is 0.496 e. The minimum atomic E-state index is -0.0215. The summed E-state index contributed by atoms with van der Waals surface area (Å²) in [6.45, 7) is 0.526. The Morgan fingerprint density at radius 1 is 1.07 bits per heavy atom. The first-order chi connectivity index (χ1) is 14.6. The number of methoxy groups -OCH3 is 1. The van der Waals surface area contributed by atoms with E-state index in [1.165, 1.54) is 4.90 Å². The van der Waals surface area contributed by atoms with E-state index >= 15 is 0 Å². The van der Waals surface area contributed by atoms with Crippen molar-refractivity contribution in [2.75, 3.05) is 27.7 Å². The Labute approximate surface area is 176 Å². The molecule has 5 nitrogen and oxygen atoms in total. The first-order valence-corrected chi connectivity index (χ1v) is 10.2. The van der Waals surface area contributed by atoms with E-state index in [9.17, 15) is 4.79 Å². The van der Waals surface area contributed by atoms with Crippen LogP contribution in [0, 0.1) is 0 Å². The van der Waals surface area contributed by atoms with Crippen molar-refractivity contribution in [2.24, 2.45) is 0 Å². The van der Waals surface area contributed by atoms with Crippen LogP contribution in [-0.2, 0) is 11.2 Å². The summed E-state index contributed by atoms with van der Waals surface area (Å²) >= 11 is 0. The van der Waals surface area contributed by atoms with E-state index in [1.54, 1.807) is 13.4 Å². The van der Waals surface area contributed by atoms with Crippen LogP contribution in [0.3, 0.4) is 0 Å². The maximum atomic E-state index is 12.8.